The lowest BCUT2D eigenvalue weighted by Gasteiger charge is -2.20. The van der Waals surface area contributed by atoms with Crippen molar-refractivity contribution in [2.24, 2.45) is 5.92 Å². The van der Waals surface area contributed by atoms with Crippen LogP contribution in [0.5, 0.6) is 0 Å². The molecule has 0 amide bonds. The van der Waals surface area contributed by atoms with Crippen LogP contribution in [0.15, 0.2) is 24.3 Å². The van der Waals surface area contributed by atoms with Gasteiger partial charge < -0.3 is 5.32 Å². The van der Waals surface area contributed by atoms with Gasteiger partial charge in [0, 0.05) is 12.1 Å². The minimum atomic E-state index is 0.814. The fourth-order valence-electron chi connectivity index (χ4n) is 3.28. The third kappa shape index (κ3) is 1.69. The smallest absolute Gasteiger partial charge is 0.0102 e. The maximum absolute atomic E-state index is 3.72. The van der Waals surface area contributed by atoms with Crippen LogP contribution in [-0.2, 0) is 6.42 Å². The van der Waals surface area contributed by atoms with E-state index < -0.39 is 0 Å². The molecule has 0 saturated carbocycles. The number of hydrogen-bond acceptors (Lipinski definition) is 1. The topological polar surface area (TPSA) is 12.0 Å². The fraction of sp³-hybridized carbons (Fsp3) is 0.571. The molecule has 0 aliphatic carbocycles. The monoisotopic (exact) mass is 201 g/mol. The summed E-state index contributed by atoms with van der Waals surface area (Å²) in [7, 11) is 0. The van der Waals surface area contributed by atoms with Crippen molar-refractivity contribution in [3.05, 3.63) is 35.4 Å². The Morgan fingerprint density at radius 1 is 1.27 bits per heavy atom. The molecule has 1 aromatic rings. The Morgan fingerprint density at radius 3 is 2.80 bits per heavy atom. The molecule has 3 unspecified atom stereocenters. The average Bonchev–Trinajstić information content (AvgIpc) is 2.83. The highest BCUT2D eigenvalue weighted by atomic mass is 15.0. The van der Waals surface area contributed by atoms with Crippen LogP contribution in [0.4, 0.5) is 0 Å². The molecule has 3 rings (SSSR count). The number of fused-ring (bicyclic) bond motifs is 2. The predicted octanol–water partition coefficient (Wildman–Crippen LogP) is 2.68. The summed E-state index contributed by atoms with van der Waals surface area (Å²) in [6, 6.07) is 10.5. The van der Waals surface area contributed by atoms with Gasteiger partial charge in [0.2, 0.25) is 0 Å². The number of hydrogen-bond donors (Lipinski definition) is 1. The molecule has 1 nitrogen and oxygen atoms in total. The Bertz CT molecular complexity index is 358. The first kappa shape index (κ1) is 9.41. The average molecular weight is 201 g/mol. The summed E-state index contributed by atoms with van der Waals surface area (Å²) >= 11 is 0. The molecule has 1 heteroatoms. The molecule has 0 radical (unpaired) electrons. The lowest BCUT2D eigenvalue weighted by atomic mass is 9.84. The van der Waals surface area contributed by atoms with E-state index in [1.165, 1.54) is 31.2 Å². The van der Waals surface area contributed by atoms with E-state index in [9.17, 15) is 0 Å². The lowest BCUT2D eigenvalue weighted by Crippen LogP contribution is -2.24. The number of aryl methyl sites for hydroxylation is 1. The summed E-state index contributed by atoms with van der Waals surface area (Å²) in [6.07, 6.45) is 5.50. The molecule has 0 aromatic heterocycles. The van der Waals surface area contributed by atoms with Crippen molar-refractivity contribution in [2.45, 2.75) is 44.7 Å². The highest BCUT2D eigenvalue weighted by molar-refractivity contribution is 5.26. The Morgan fingerprint density at radius 2 is 2.13 bits per heavy atom. The van der Waals surface area contributed by atoms with Gasteiger partial charge in [-0.05, 0) is 49.7 Å². The van der Waals surface area contributed by atoms with Gasteiger partial charge in [-0.2, -0.15) is 0 Å². The summed E-state index contributed by atoms with van der Waals surface area (Å²) in [5.74, 6) is 0.893. The molecule has 0 spiro atoms. The summed E-state index contributed by atoms with van der Waals surface area (Å²) < 4.78 is 0. The number of rotatable bonds is 2. The Labute approximate surface area is 91.9 Å². The molecular weight excluding hydrogens is 182 g/mol. The maximum Gasteiger partial charge on any atom is 0.0102 e. The van der Waals surface area contributed by atoms with Gasteiger partial charge in [0.05, 0.1) is 0 Å². The van der Waals surface area contributed by atoms with Crippen molar-refractivity contribution >= 4 is 0 Å². The molecule has 2 saturated heterocycles. The van der Waals surface area contributed by atoms with E-state index in [2.05, 4.69) is 36.5 Å². The van der Waals surface area contributed by atoms with E-state index in [0.717, 1.165) is 18.0 Å². The summed E-state index contributed by atoms with van der Waals surface area (Å²) in [5, 5.41) is 3.72. The fourth-order valence-corrected chi connectivity index (χ4v) is 3.28. The van der Waals surface area contributed by atoms with Crippen molar-refractivity contribution in [3.63, 3.8) is 0 Å². The van der Waals surface area contributed by atoms with Crippen LogP contribution in [0, 0.1) is 12.8 Å². The van der Waals surface area contributed by atoms with Crippen molar-refractivity contribution in [1.29, 1.82) is 0 Å². The van der Waals surface area contributed by atoms with Gasteiger partial charge >= 0.3 is 0 Å². The second-order valence-electron chi connectivity index (χ2n) is 5.17. The second-order valence-corrected chi connectivity index (χ2v) is 5.17. The first-order valence-electron chi connectivity index (χ1n) is 6.13. The second kappa shape index (κ2) is 3.64. The Hall–Kier alpha value is -0.820. The van der Waals surface area contributed by atoms with Gasteiger partial charge in [0.15, 0.2) is 0 Å². The summed E-state index contributed by atoms with van der Waals surface area (Å²) in [4.78, 5) is 0. The van der Waals surface area contributed by atoms with E-state index in [-0.39, 0.29) is 0 Å². The van der Waals surface area contributed by atoms with E-state index in [1.807, 2.05) is 0 Å². The van der Waals surface area contributed by atoms with Crippen molar-refractivity contribution in [1.82, 2.24) is 5.32 Å². The molecule has 1 aromatic carbocycles. The Balaban J connectivity index is 1.73. The van der Waals surface area contributed by atoms with Crippen molar-refractivity contribution < 1.29 is 0 Å². The lowest BCUT2D eigenvalue weighted by molar-refractivity contribution is 0.404. The first-order chi connectivity index (χ1) is 7.33. The van der Waals surface area contributed by atoms with Gasteiger partial charge in [-0.3, -0.25) is 0 Å². The van der Waals surface area contributed by atoms with E-state index >= 15 is 0 Å². The van der Waals surface area contributed by atoms with Crippen LogP contribution < -0.4 is 5.32 Å². The summed E-state index contributed by atoms with van der Waals surface area (Å²) in [5.41, 5.74) is 3.01. The molecule has 3 atom stereocenters. The molecule has 80 valence electrons. The zero-order chi connectivity index (χ0) is 10.3. The first-order valence-corrected chi connectivity index (χ1v) is 6.13. The maximum atomic E-state index is 3.72. The molecule has 1 N–H and O–H groups in total. The highest BCUT2D eigenvalue weighted by Crippen LogP contribution is 2.35. The third-order valence-corrected chi connectivity index (χ3v) is 4.18. The standard InChI is InChI=1S/C14H19N/c1-10-4-2-3-5-11(10)8-12-9-13-6-7-14(12)15-13/h2-5,12-15H,6-9H2,1H3. The van der Waals surface area contributed by atoms with Gasteiger partial charge in [0.25, 0.3) is 0 Å². The van der Waals surface area contributed by atoms with Crippen LogP contribution in [-0.4, -0.2) is 12.1 Å². The molecule has 2 heterocycles. The van der Waals surface area contributed by atoms with E-state index in [4.69, 9.17) is 0 Å². The highest BCUT2D eigenvalue weighted by Gasteiger charge is 2.38. The van der Waals surface area contributed by atoms with Crippen LogP contribution in [0.25, 0.3) is 0 Å². The van der Waals surface area contributed by atoms with E-state index in [0.29, 0.717) is 0 Å². The zero-order valence-electron chi connectivity index (χ0n) is 9.37. The molecule has 15 heavy (non-hydrogen) atoms. The van der Waals surface area contributed by atoms with Crippen LogP contribution in [0.1, 0.15) is 30.4 Å². The van der Waals surface area contributed by atoms with Crippen LogP contribution >= 0.6 is 0 Å². The van der Waals surface area contributed by atoms with Crippen molar-refractivity contribution in [2.75, 3.05) is 0 Å². The number of benzene rings is 1. The van der Waals surface area contributed by atoms with E-state index in [1.54, 1.807) is 5.56 Å². The molecule has 2 bridgehead atoms. The Kier molecular flexibility index (Phi) is 2.28. The van der Waals surface area contributed by atoms with Gasteiger partial charge in [-0.25, -0.2) is 0 Å². The minimum absolute atomic E-state index is 0.814. The van der Waals surface area contributed by atoms with Crippen molar-refractivity contribution in [3.8, 4) is 0 Å². The SMILES string of the molecule is Cc1ccccc1CC1CC2CCC1N2. The molecule has 2 aliphatic rings. The van der Waals surface area contributed by atoms with Gasteiger partial charge in [-0.15, -0.1) is 0 Å². The largest absolute Gasteiger partial charge is 0.311 e. The quantitative estimate of drug-likeness (QED) is 0.775. The summed E-state index contributed by atoms with van der Waals surface area (Å²) in [6.45, 7) is 2.23. The van der Waals surface area contributed by atoms with Gasteiger partial charge in [-0.1, -0.05) is 24.3 Å². The minimum Gasteiger partial charge on any atom is -0.311 e. The molecule has 2 fully saturated rings. The normalized spacial score (nSPS) is 33.5. The predicted molar refractivity (Wildman–Crippen MR) is 62.9 cm³/mol. The molecular formula is C14H19N. The number of nitrogens with one attached hydrogen (secondary N) is 1. The van der Waals surface area contributed by atoms with Crippen LogP contribution in [0.2, 0.25) is 0 Å². The molecule has 2 aliphatic heterocycles. The third-order valence-electron chi connectivity index (χ3n) is 4.18. The van der Waals surface area contributed by atoms with Gasteiger partial charge in [0.1, 0.15) is 0 Å². The van der Waals surface area contributed by atoms with Crippen LogP contribution in [0.3, 0.4) is 0 Å². The zero-order valence-corrected chi connectivity index (χ0v) is 9.37.